The maximum Gasteiger partial charge on any atom is 0.573 e. The number of ether oxygens (including phenoxy) is 1. The number of benzene rings is 1. The Balaban J connectivity index is 2.65. The molecule has 2 atom stereocenters. The highest BCUT2D eigenvalue weighted by Gasteiger charge is 2.30. The molecule has 0 saturated heterocycles. The lowest BCUT2D eigenvalue weighted by atomic mass is 10.1. The summed E-state index contributed by atoms with van der Waals surface area (Å²) in [5.41, 5.74) is 0.824. The van der Waals surface area contributed by atoms with E-state index < -0.39 is 6.36 Å². The summed E-state index contributed by atoms with van der Waals surface area (Å²) >= 11 is 0. The molecule has 6 heteroatoms. The minimum absolute atomic E-state index is 0.000388. The van der Waals surface area contributed by atoms with E-state index in [9.17, 15) is 13.2 Å². The van der Waals surface area contributed by atoms with Gasteiger partial charge >= 0.3 is 6.36 Å². The first-order chi connectivity index (χ1) is 8.31. The predicted molar refractivity (Wildman–Crippen MR) is 61.2 cm³/mol. The van der Waals surface area contributed by atoms with Crippen molar-refractivity contribution < 1.29 is 23.0 Å². The van der Waals surface area contributed by atoms with Gasteiger partial charge in [-0.05, 0) is 31.5 Å². The van der Waals surface area contributed by atoms with Gasteiger partial charge in [-0.3, -0.25) is 0 Å². The second-order valence-corrected chi connectivity index (χ2v) is 4.09. The van der Waals surface area contributed by atoms with Gasteiger partial charge in [-0.25, -0.2) is 0 Å². The lowest BCUT2D eigenvalue weighted by Gasteiger charge is -2.19. The van der Waals surface area contributed by atoms with Crippen molar-refractivity contribution in [1.29, 1.82) is 0 Å². The molecular weight excluding hydrogens is 247 g/mol. The molecular formula is C12H16F3NO2. The first-order valence-electron chi connectivity index (χ1n) is 5.54. The zero-order valence-electron chi connectivity index (χ0n) is 10.2. The summed E-state index contributed by atoms with van der Waals surface area (Å²) in [5.74, 6) is -0.242. The molecule has 0 amide bonds. The second kappa shape index (κ2) is 6.06. The molecule has 3 nitrogen and oxygen atoms in total. The number of hydrogen-bond donors (Lipinski definition) is 2. The monoisotopic (exact) mass is 263 g/mol. The van der Waals surface area contributed by atoms with Crippen LogP contribution in [0.25, 0.3) is 0 Å². The molecule has 0 radical (unpaired) electrons. The van der Waals surface area contributed by atoms with Crippen LogP contribution in [-0.2, 0) is 0 Å². The topological polar surface area (TPSA) is 41.5 Å². The minimum Gasteiger partial charge on any atom is -0.406 e. The van der Waals surface area contributed by atoms with E-state index in [1.165, 1.54) is 12.1 Å². The molecule has 0 aromatic heterocycles. The Bertz CT molecular complexity index is 365. The Labute approximate surface area is 104 Å². The minimum atomic E-state index is -4.67. The van der Waals surface area contributed by atoms with Crippen molar-refractivity contribution in [1.82, 2.24) is 5.32 Å². The van der Waals surface area contributed by atoms with E-state index in [2.05, 4.69) is 10.1 Å². The van der Waals surface area contributed by atoms with Gasteiger partial charge in [0.1, 0.15) is 5.75 Å². The summed E-state index contributed by atoms with van der Waals surface area (Å²) in [6.07, 6.45) is -4.67. The third-order valence-electron chi connectivity index (χ3n) is 2.42. The van der Waals surface area contributed by atoms with Crippen molar-refractivity contribution >= 4 is 0 Å². The fourth-order valence-corrected chi connectivity index (χ4v) is 1.53. The van der Waals surface area contributed by atoms with Crippen molar-refractivity contribution in [3.05, 3.63) is 29.8 Å². The SMILES string of the molecule is CC(CO)NC(C)c1ccc(OC(F)(F)F)cc1. The van der Waals surface area contributed by atoms with Crippen molar-refractivity contribution in [2.24, 2.45) is 0 Å². The highest BCUT2D eigenvalue weighted by atomic mass is 19.4. The van der Waals surface area contributed by atoms with Gasteiger partial charge in [0.05, 0.1) is 6.61 Å². The van der Waals surface area contributed by atoms with Crippen LogP contribution >= 0.6 is 0 Å². The number of aliphatic hydroxyl groups is 1. The van der Waals surface area contributed by atoms with E-state index in [0.29, 0.717) is 0 Å². The molecule has 0 fully saturated rings. The van der Waals surface area contributed by atoms with Gasteiger partial charge in [-0.2, -0.15) is 0 Å². The molecule has 0 spiro atoms. The molecule has 102 valence electrons. The van der Waals surface area contributed by atoms with Crippen molar-refractivity contribution in [2.75, 3.05) is 6.61 Å². The lowest BCUT2D eigenvalue weighted by molar-refractivity contribution is -0.274. The molecule has 2 unspecified atom stereocenters. The molecule has 0 aliphatic carbocycles. The van der Waals surface area contributed by atoms with Crippen LogP contribution in [0.15, 0.2) is 24.3 Å². The van der Waals surface area contributed by atoms with E-state index in [0.717, 1.165) is 5.56 Å². The fourth-order valence-electron chi connectivity index (χ4n) is 1.53. The highest BCUT2D eigenvalue weighted by Crippen LogP contribution is 2.24. The van der Waals surface area contributed by atoms with Crippen LogP contribution in [0.3, 0.4) is 0 Å². The maximum atomic E-state index is 12.0. The summed E-state index contributed by atoms with van der Waals surface area (Å²) < 4.78 is 39.6. The predicted octanol–water partition coefficient (Wildman–Crippen LogP) is 2.62. The first-order valence-corrected chi connectivity index (χ1v) is 5.54. The molecule has 0 aliphatic rings. The molecule has 1 rings (SSSR count). The maximum absolute atomic E-state index is 12.0. The van der Waals surface area contributed by atoms with Crippen LogP contribution in [0.4, 0.5) is 13.2 Å². The molecule has 0 heterocycles. The van der Waals surface area contributed by atoms with E-state index >= 15 is 0 Å². The van der Waals surface area contributed by atoms with E-state index in [1.807, 2.05) is 13.8 Å². The van der Waals surface area contributed by atoms with Gasteiger partial charge < -0.3 is 15.2 Å². The van der Waals surface area contributed by atoms with Crippen molar-refractivity contribution in [2.45, 2.75) is 32.3 Å². The average molecular weight is 263 g/mol. The van der Waals surface area contributed by atoms with Crippen molar-refractivity contribution in [3.63, 3.8) is 0 Å². The largest absolute Gasteiger partial charge is 0.573 e. The van der Waals surface area contributed by atoms with Crippen molar-refractivity contribution in [3.8, 4) is 5.75 Å². The Morgan fingerprint density at radius 2 is 1.78 bits per heavy atom. The summed E-state index contributed by atoms with van der Waals surface area (Å²) in [4.78, 5) is 0. The number of aliphatic hydroxyl groups excluding tert-OH is 1. The fraction of sp³-hybridized carbons (Fsp3) is 0.500. The average Bonchev–Trinajstić information content (AvgIpc) is 2.27. The summed E-state index contributed by atoms with van der Waals surface area (Å²) in [6.45, 7) is 3.68. The van der Waals surface area contributed by atoms with Gasteiger partial charge in [-0.1, -0.05) is 12.1 Å². The zero-order valence-corrected chi connectivity index (χ0v) is 10.2. The quantitative estimate of drug-likeness (QED) is 0.858. The Morgan fingerprint density at radius 3 is 2.22 bits per heavy atom. The van der Waals surface area contributed by atoms with Gasteiger partial charge in [0, 0.05) is 12.1 Å². The molecule has 1 aromatic rings. The zero-order chi connectivity index (χ0) is 13.8. The first kappa shape index (κ1) is 14.8. The van der Waals surface area contributed by atoms with E-state index in [4.69, 9.17) is 5.11 Å². The van der Waals surface area contributed by atoms with Crippen LogP contribution < -0.4 is 10.1 Å². The molecule has 0 bridgehead atoms. The number of rotatable bonds is 5. The Hall–Kier alpha value is -1.27. The Morgan fingerprint density at radius 1 is 1.22 bits per heavy atom. The normalized spacial score (nSPS) is 15.2. The third kappa shape index (κ3) is 4.93. The van der Waals surface area contributed by atoms with Crippen LogP contribution in [0.1, 0.15) is 25.5 Å². The number of alkyl halides is 3. The standard InChI is InChI=1S/C12H16F3NO2/c1-8(7-17)16-9(2)10-3-5-11(6-4-10)18-12(13,14)15/h3-6,8-9,16-17H,7H2,1-2H3. The molecule has 0 saturated carbocycles. The molecule has 0 aliphatic heterocycles. The highest BCUT2D eigenvalue weighted by molar-refractivity contribution is 5.29. The van der Waals surface area contributed by atoms with Crippen LogP contribution in [0.5, 0.6) is 5.75 Å². The number of nitrogens with one attached hydrogen (secondary N) is 1. The number of hydrogen-bond acceptors (Lipinski definition) is 3. The van der Waals surface area contributed by atoms with Gasteiger partial charge in [0.2, 0.25) is 0 Å². The van der Waals surface area contributed by atoms with E-state index in [1.54, 1.807) is 12.1 Å². The van der Waals surface area contributed by atoms with E-state index in [-0.39, 0.29) is 24.4 Å². The summed E-state index contributed by atoms with van der Waals surface area (Å²) in [6, 6.07) is 5.51. The second-order valence-electron chi connectivity index (χ2n) is 4.09. The van der Waals surface area contributed by atoms with Gasteiger partial charge in [0.15, 0.2) is 0 Å². The van der Waals surface area contributed by atoms with Crippen LogP contribution in [0, 0.1) is 0 Å². The Kier molecular flexibility index (Phi) is 4.98. The molecule has 2 N–H and O–H groups in total. The molecule has 18 heavy (non-hydrogen) atoms. The lowest BCUT2D eigenvalue weighted by Crippen LogP contribution is -2.31. The summed E-state index contributed by atoms with van der Waals surface area (Å²) in [5, 5.41) is 12.0. The molecule has 1 aromatic carbocycles. The van der Waals surface area contributed by atoms with Crippen LogP contribution in [0.2, 0.25) is 0 Å². The number of halogens is 3. The smallest absolute Gasteiger partial charge is 0.406 e. The summed E-state index contributed by atoms with van der Waals surface area (Å²) in [7, 11) is 0. The van der Waals surface area contributed by atoms with Gasteiger partial charge in [0.25, 0.3) is 0 Å². The third-order valence-corrected chi connectivity index (χ3v) is 2.42. The van der Waals surface area contributed by atoms with Gasteiger partial charge in [-0.15, -0.1) is 13.2 Å². The van der Waals surface area contributed by atoms with Crippen LogP contribution in [-0.4, -0.2) is 24.1 Å².